The Hall–Kier alpha value is -2.63. The van der Waals surface area contributed by atoms with E-state index in [4.69, 9.17) is 4.74 Å². The van der Waals surface area contributed by atoms with E-state index in [1.165, 1.54) is 5.56 Å². The van der Waals surface area contributed by atoms with Gasteiger partial charge in [-0.1, -0.05) is 32.9 Å². The number of nitrogens with zero attached hydrogens (tertiary/aromatic N) is 4. The first-order chi connectivity index (χ1) is 11.4. The first-order valence-corrected chi connectivity index (χ1v) is 7.99. The number of ether oxygens (including phenoxy) is 1. The number of aryl methyl sites for hydroxylation is 1. The van der Waals surface area contributed by atoms with Crippen LogP contribution in [-0.2, 0) is 12.0 Å². The number of hydrogen-bond acceptors (Lipinski definition) is 5. The molecule has 3 aromatic rings. The average Bonchev–Trinajstić information content (AvgIpc) is 2.96. The second-order valence-corrected chi connectivity index (χ2v) is 6.93. The van der Waals surface area contributed by atoms with Gasteiger partial charge in [0.25, 0.3) is 0 Å². The van der Waals surface area contributed by atoms with Crippen LogP contribution in [0, 0.1) is 6.92 Å². The highest BCUT2D eigenvalue weighted by Crippen LogP contribution is 2.22. The van der Waals surface area contributed by atoms with Gasteiger partial charge in [-0.25, -0.2) is 0 Å². The number of rotatable bonds is 4. The summed E-state index contributed by atoms with van der Waals surface area (Å²) in [4.78, 5) is 0. The van der Waals surface area contributed by atoms with Crippen LogP contribution in [0.1, 0.15) is 37.7 Å². The lowest BCUT2D eigenvalue weighted by atomic mass is 9.96. The van der Waals surface area contributed by atoms with E-state index in [0.717, 1.165) is 28.6 Å². The van der Waals surface area contributed by atoms with Crippen molar-refractivity contribution in [3.8, 4) is 5.75 Å². The van der Waals surface area contributed by atoms with Crippen LogP contribution in [0.15, 0.2) is 30.3 Å². The van der Waals surface area contributed by atoms with Gasteiger partial charge in [-0.3, -0.25) is 0 Å². The van der Waals surface area contributed by atoms with Crippen LogP contribution in [0.3, 0.4) is 0 Å². The van der Waals surface area contributed by atoms with Gasteiger partial charge in [0, 0.05) is 17.5 Å². The van der Waals surface area contributed by atoms with Gasteiger partial charge in [0.15, 0.2) is 11.5 Å². The molecule has 24 heavy (non-hydrogen) atoms. The minimum Gasteiger partial charge on any atom is -0.496 e. The molecule has 2 heterocycles. The number of methoxy groups -OCH3 is 1. The Morgan fingerprint density at radius 2 is 1.92 bits per heavy atom. The van der Waals surface area contributed by atoms with Gasteiger partial charge < -0.3 is 10.1 Å². The molecular weight excluding hydrogens is 302 g/mol. The Balaban J connectivity index is 1.86. The molecule has 0 spiro atoms. The molecule has 0 aliphatic carbocycles. The van der Waals surface area contributed by atoms with Gasteiger partial charge in [-0.05, 0) is 30.7 Å². The van der Waals surface area contributed by atoms with Gasteiger partial charge in [-0.15, -0.1) is 15.3 Å². The predicted octanol–water partition coefficient (Wildman–Crippen LogP) is 3.35. The minimum atomic E-state index is -0.120. The molecule has 6 nitrogen and oxygen atoms in total. The molecule has 0 bridgehead atoms. The molecule has 0 aliphatic heterocycles. The summed E-state index contributed by atoms with van der Waals surface area (Å²) >= 11 is 0. The van der Waals surface area contributed by atoms with Gasteiger partial charge in [0.1, 0.15) is 11.6 Å². The topological polar surface area (TPSA) is 64.3 Å². The van der Waals surface area contributed by atoms with Crippen molar-refractivity contribution in [2.45, 2.75) is 39.7 Å². The van der Waals surface area contributed by atoms with Crippen molar-refractivity contribution in [1.82, 2.24) is 19.8 Å². The molecule has 0 saturated heterocycles. The fraction of sp³-hybridized carbons (Fsp3) is 0.389. The predicted molar refractivity (Wildman–Crippen MR) is 94.5 cm³/mol. The second kappa shape index (κ2) is 6.11. The van der Waals surface area contributed by atoms with Crippen LogP contribution in [0.5, 0.6) is 5.75 Å². The maximum absolute atomic E-state index is 5.45. The van der Waals surface area contributed by atoms with Crippen LogP contribution in [0.25, 0.3) is 5.65 Å². The molecule has 0 atom stereocenters. The van der Waals surface area contributed by atoms with Crippen LogP contribution in [0.4, 0.5) is 5.82 Å². The van der Waals surface area contributed by atoms with Gasteiger partial charge in [-0.2, -0.15) is 4.52 Å². The molecule has 1 aromatic carbocycles. The summed E-state index contributed by atoms with van der Waals surface area (Å²) in [5, 5.41) is 16.4. The molecule has 126 valence electrons. The van der Waals surface area contributed by atoms with Crippen molar-refractivity contribution >= 4 is 11.5 Å². The summed E-state index contributed by atoms with van der Waals surface area (Å²) in [6, 6.07) is 10.0. The quantitative estimate of drug-likeness (QED) is 0.797. The highest BCUT2D eigenvalue weighted by molar-refractivity contribution is 5.46. The lowest BCUT2D eigenvalue weighted by Gasteiger charge is -2.15. The minimum absolute atomic E-state index is 0.120. The van der Waals surface area contributed by atoms with E-state index in [2.05, 4.69) is 60.4 Å². The number of aromatic nitrogens is 4. The number of anilines is 1. The van der Waals surface area contributed by atoms with Crippen LogP contribution < -0.4 is 10.1 Å². The van der Waals surface area contributed by atoms with Crippen molar-refractivity contribution in [3.63, 3.8) is 0 Å². The second-order valence-electron chi connectivity index (χ2n) is 6.93. The first kappa shape index (κ1) is 16.2. The summed E-state index contributed by atoms with van der Waals surface area (Å²) in [7, 11) is 1.69. The van der Waals surface area contributed by atoms with Crippen LogP contribution >= 0.6 is 0 Å². The Morgan fingerprint density at radius 1 is 1.12 bits per heavy atom. The SMILES string of the molecule is COc1cc(C)ccc1CNc1ccc2nnc(C(C)(C)C)n2n1. The Labute approximate surface area is 141 Å². The van der Waals surface area contributed by atoms with E-state index in [0.29, 0.717) is 6.54 Å². The van der Waals surface area contributed by atoms with E-state index in [9.17, 15) is 0 Å². The molecule has 2 aromatic heterocycles. The number of nitrogens with one attached hydrogen (secondary N) is 1. The molecule has 3 rings (SSSR count). The van der Waals surface area contributed by atoms with E-state index in [-0.39, 0.29) is 5.41 Å². The van der Waals surface area contributed by atoms with E-state index in [1.54, 1.807) is 11.6 Å². The van der Waals surface area contributed by atoms with Crippen molar-refractivity contribution < 1.29 is 4.74 Å². The summed E-state index contributed by atoms with van der Waals surface area (Å²) in [5.41, 5.74) is 2.89. The monoisotopic (exact) mass is 325 g/mol. The zero-order valence-corrected chi connectivity index (χ0v) is 14.8. The van der Waals surface area contributed by atoms with E-state index in [1.807, 2.05) is 18.2 Å². The Bertz CT molecular complexity index is 863. The standard InChI is InChI=1S/C18H23N5O/c1-12-6-7-13(14(10-12)24-5)11-19-15-8-9-16-20-21-17(18(2,3)4)23(16)22-15/h6-10H,11H2,1-5H3,(H,19,22). The molecular formula is C18H23N5O. The van der Waals surface area contributed by atoms with Crippen LogP contribution in [0.2, 0.25) is 0 Å². The van der Waals surface area contributed by atoms with Crippen molar-refractivity contribution in [3.05, 3.63) is 47.3 Å². The number of hydrogen-bond donors (Lipinski definition) is 1. The third-order valence-electron chi connectivity index (χ3n) is 3.84. The van der Waals surface area contributed by atoms with E-state index >= 15 is 0 Å². The summed E-state index contributed by atoms with van der Waals surface area (Å²) in [6.45, 7) is 8.98. The summed E-state index contributed by atoms with van der Waals surface area (Å²) in [6.07, 6.45) is 0. The fourth-order valence-electron chi connectivity index (χ4n) is 2.53. The van der Waals surface area contributed by atoms with Crippen molar-refractivity contribution in [2.75, 3.05) is 12.4 Å². The number of fused-ring (bicyclic) bond motifs is 1. The first-order valence-electron chi connectivity index (χ1n) is 7.99. The lowest BCUT2D eigenvalue weighted by Crippen LogP contribution is -2.17. The molecule has 0 radical (unpaired) electrons. The average molecular weight is 325 g/mol. The van der Waals surface area contributed by atoms with Crippen molar-refractivity contribution in [1.29, 1.82) is 0 Å². The van der Waals surface area contributed by atoms with Crippen LogP contribution in [-0.4, -0.2) is 26.9 Å². The normalized spacial score (nSPS) is 11.7. The highest BCUT2D eigenvalue weighted by atomic mass is 16.5. The lowest BCUT2D eigenvalue weighted by molar-refractivity contribution is 0.410. The third kappa shape index (κ3) is 3.18. The maximum atomic E-state index is 5.45. The zero-order valence-electron chi connectivity index (χ0n) is 14.8. The molecule has 6 heteroatoms. The van der Waals surface area contributed by atoms with Gasteiger partial charge >= 0.3 is 0 Å². The molecule has 0 fully saturated rings. The molecule has 1 N–H and O–H groups in total. The van der Waals surface area contributed by atoms with Crippen molar-refractivity contribution in [2.24, 2.45) is 0 Å². The Kier molecular flexibility index (Phi) is 4.13. The zero-order chi connectivity index (χ0) is 17.3. The van der Waals surface area contributed by atoms with E-state index < -0.39 is 0 Å². The third-order valence-corrected chi connectivity index (χ3v) is 3.84. The highest BCUT2D eigenvalue weighted by Gasteiger charge is 2.21. The fourth-order valence-corrected chi connectivity index (χ4v) is 2.53. The molecule has 0 unspecified atom stereocenters. The number of benzene rings is 1. The van der Waals surface area contributed by atoms with Gasteiger partial charge in [0.05, 0.1) is 7.11 Å². The maximum Gasteiger partial charge on any atom is 0.178 e. The summed E-state index contributed by atoms with van der Waals surface area (Å²) in [5.74, 6) is 2.49. The molecule has 0 amide bonds. The van der Waals surface area contributed by atoms with Gasteiger partial charge in [0.2, 0.25) is 0 Å². The summed E-state index contributed by atoms with van der Waals surface area (Å²) < 4.78 is 7.25. The smallest absolute Gasteiger partial charge is 0.178 e. The molecule has 0 saturated carbocycles. The largest absolute Gasteiger partial charge is 0.496 e. The molecule has 0 aliphatic rings. The Morgan fingerprint density at radius 3 is 2.62 bits per heavy atom.